The molecule has 0 aliphatic rings. The van der Waals surface area contributed by atoms with E-state index in [1.165, 1.54) is 0 Å². The predicted molar refractivity (Wildman–Crippen MR) is 77.5 cm³/mol. The lowest BCUT2D eigenvalue weighted by molar-refractivity contribution is -0.126. The van der Waals surface area contributed by atoms with E-state index in [0.717, 1.165) is 5.56 Å². The highest BCUT2D eigenvalue weighted by Gasteiger charge is 2.09. The van der Waals surface area contributed by atoms with Gasteiger partial charge in [0.25, 0.3) is 0 Å². The number of anilines is 1. The van der Waals surface area contributed by atoms with Crippen LogP contribution >= 0.6 is 0 Å². The van der Waals surface area contributed by atoms with Crippen LogP contribution in [0.15, 0.2) is 36.7 Å². The SMILES string of the molecule is Cc1cccc(NC(=O)CC(=O)NCCn2ccnn2)c1. The number of rotatable bonds is 6. The van der Waals surface area contributed by atoms with Crippen LogP contribution in [0.4, 0.5) is 5.69 Å². The average molecular weight is 287 g/mol. The molecule has 0 fully saturated rings. The van der Waals surface area contributed by atoms with E-state index in [1.54, 1.807) is 23.1 Å². The Labute approximate surface area is 122 Å². The molecule has 1 aromatic carbocycles. The van der Waals surface area contributed by atoms with E-state index < -0.39 is 0 Å². The summed E-state index contributed by atoms with van der Waals surface area (Å²) < 4.78 is 1.60. The molecule has 0 aliphatic heterocycles. The van der Waals surface area contributed by atoms with Crippen molar-refractivity contribution in [2.45, 2.75) is 19.9 Å². The Bertz CT molecular complexity index is 610. The molecule has 2 aromatic rings. The van der Waals surface area contributed by atoms with E-state index in [9.17, 15) is 9.59 Å². The molecule has 0 bridgehead atoms. The molecule has 0 aliphatic carbocycles. The summed E-state index contributed by atoms with van der Waals surface area (Å²) in [5, 5.41) is 12.8. The van der Waals surface area contributed by atoms with Crippen molar-refractivity contribution in [3.8, 4) is 0 Å². The van der Waals surface area contributed by atoms with Gasteiger partial charge in [-0.1, -0.05) is 17.3 Å². The van der Waals surface area contributed by atoms with Crippen molar-refractivity contribution in [2.24, 2.45) is 0 Å². The first-order valence-corrected chi connectivity index (χ1v) is 6.61. The average Bonchev–Trinajstić information content (AvgIpc) is 2.91. The Morgan fingerprint density at radius 3 is 2.86 bits per heavy atom. The van der Waals surface area contributed by atoms with Gasteiger partial charge in [0, 0.05) is 18.4 Å². The summed E-state index contributed by atoms with van der Waals surface area (Å²) in [6.07, 6.45) is 3.07. The highest BCUT2D eigenvalue weighted by atomic mass is 16.2. The minimum Gasteiger partial charge on any atom is -0.354 e. The number of amides is 2. The molecule has 110 valence electrons. The smallest absolute Gasteiger partial charge is 0.233 e. The molecule has 7 heteroatoms. The lowest BCUT2D eigenvalue weighted by Gasteiger charge is -2.07. The highest BCUT2D eigenvalue weighted by Crippen LogP contribution is 2.09. The van der Waals surface area contributed by atoms with Gasteiger partial charge in [0.1, 0.15) is 6.42 Å². The maximum atomic E-state index is 11.7. The zero-order valence-electron chi connectivity index (χ0n) is 11.7. The Hall–Kier alpha value is -2.70. The maximum absolute atomic E-state index is 11.7. The van der Waals surface area contributed by atoms with Gasteiger partial charge in [-0.25, -0.2) is 0 Å². The van der Waals surface area contributed by atoms with Crippen molar-refractivity contribution < 1.29 is 9.59 Å². The summed E-state index contributed by atoms with van der Waals surface area (Å²) in [5.74, 6) is -0.654. The zero-order valence-corrected chi connectivity index (χ0v) is 11.7. The van der Waals surface area contributed by atoms with Crippen molar-refractivity contribution >= 4 is 17.5 Å². The number of aromatic nitrogens is 3. The van der Waals surface area contributed by atoms with Crippen LogP contribution in [-0.2, 0) is 16.1 Å². The molecular weight excluding hydrogens is 270 g/mol. The van der Waals surface area contributed by atoms with Gasteiger partial charge in [0.05, 0.1) is 12.7 Å². The molecule has 0 saturated carbocycles. The Morgan fingerprint density at radius 2 is 2.14 bits per heavy atom. The van der Waals surface area contributed by atoms with Gasteiger partial charge in [0.2, 0.25) is 11.8 Å². The normalized spacial score (nSPS) is 10.1. The standard InChI is InChI=1S/C14H17N5O2/c1-11-3-2-4-12(9-11)17-14(21)10-13(20)15-5-7-19-8-6-16-18-19/h2-4,6,8-9H,5,7,10H2,1H3,(H,15,20)(H,17,21). The number of nitrogens with one attached hydrogen (secondary N) is 2. The van der Waals surface area contributed by atoms with Crippen LogP contribution in [0.3, 0.4) is 0 Å². The fourth-order valence-corrected chi connectivity index (χ4v) is 1.80. The van der Waals surface area contributed by atoms with Crippen LogP contribution < -0.4 is 10.6 Å². The Morgan fingerprint density at radius 1 is 1.29 bits per heavy atom. The summed E-state index contributed by atoms with van der Waals surface area (Å²) in [6.45, 7) is 2.86. The molecule has 2 amide bonds. The summed E-state index contributed by atoms with van der Waals surface area (Å²) in [7, 11) is 0. The molecule has 0 saturated heterocycles. The van der Waals surface area contributed by atoms with E-state index in [2.05, 4.69) is 20.9 Å². The van der Waals surface area contributed by atoms with E-state index >= 15 is 0 Å². The second kappa shape index (κ2) is 7.18. The topological polar surface area (TPSA) is 88.9 Å². The molecule has 1 heterocycles. The molecule has 0 unspecified atom stereocenters. The second-order valence-electron chi connectivity index (χ2n) is 4.61. The highest BCUT2D eigenvalue weighted by molar-refractivity contribution is 6.03. The predicted octanol–water partition coefficient (Wildman–Crippen LogP) is 0.732. The number of benzene rings is 1. The fraction of sp³-hybridized carbons (Fsp3) is 0.286. The van der Waals surface area contributed by atoms with Crippen molar-refractivity contribution in [2.75, 3.05) is 11.9 Å². The largest absolute Gasteiger partial charge is 0.354 e. The van der Waals surface area contributed by atoms with Crippen molar-refractivity contribution in [3.05, 3.63) is 42.2 Å². The number of carbonyl (C=O) groups excluding carboxylic acids is 2. The molecule has 2 N–H and O–H groups in total. The third-order valence-corrected chi connectivity index (χ3v) is 2.76. The molecule has 2 rings (SSSR count). The van der Waals surface area contributed by atoms with Gasteiger partial charge in [-0.2, -0.15) is 0 Å². The summed E-state index contributed by atoms with van der Waals surface area (Å²) in [4.78, 5) is 23.3. The number of nitrogens with zero attached hydrogens (tertiary/aromatic N) is 3. The van der Waals surface area contributed by atoms with Crippen LogP contribution in [-0.4, -0.2) is 33.4 Å². The van der Waals surface area contributed by atoms with E-state index in [-0.39, 0.29) is 18.2 Å². The summed E-state index contributed by atoms with van der Waals surface area (Å²) in [5.41, 5.74) is 1.74. The van der Waals surface area contributed by atoms with E-state index in [4.69, 9.17) is 0 Å². The molecule has 0 radical (unpaired) electrons. The molecule has 21 heavy (non-hydrogen) atoms. The van der Waals surface area contributed by atoms with Crippen LogP contribution in [0.25, 0.3) is 0 Å². The molecule has 1 aromatic heterocycles. The van der Waals surface area contributed by atoms with Gasteiger partial charge in [0.15, 0.2) is 0 Å². The first kappa shape index (κ1) is 14.7. The second-order valence-corrected chi connectivity index (χ2v) is 4.61. The van der Waals surface area contributed by atoms with Crippen molar-refractivity contribution in [3.63, 3.8) is 0 Å². The molecule has 7 nitrogen and oxygen atoms in total. The summed E-state index contributed by atoms with van der Waals surface area (Å²) in [6, 6.07) is 7.42. The van der Waals surface area contributed by atoms with Gasteiger partial charge in [-0.3, -0.25) is 14.3 Å². The lowest BCUT2D eigenvalue weighted by atomic mass is 10.2. The lowest BCUT2D eigenvalue weighted by Crippen LogP contribution is -2.30. The van der Waals surface area contributed by atoms with Gasteiger partial charge in [-0.15, -0.1) is 5.10 Å². The number of carbonyl (C=O) groups is 2. The van der Waals surface area contributed by atoms with Crippen molar-refractivity contribution in [1.29, 1.82) is 0 Å². The fourth-order valence-electron chi connectivity index (χ4n) is 1.80. The van der Waals surface area contributed by atoms with Crippen LogP contribution in [0.1, 0.15) is 12.0 Å². The van der Waals surface area contributed by atoms with Gasteiger partial charge < -0.3 is 10.6 Å². The van der Waals surface area contributed by atoms with E-state index in [1.807, 2.05) is 25.1 Å². The van der Waals surface area contributed by atoms with Gasteiger partial charge >= 0.3 is 0 Å². The quantitative estimate of drug-likeness (QED) is 0.767. The Kier molecular flexibility index (Phi) is 5.03. The van der Waals surface area contributed by atoms with Crippen molar-refractivity contribution in [1.82, 2.24) is 20.3 Å². The third kappa shape index (κ3) is 5.06. The minimum absolute atomic E-state index is 0.203. The van der Waals surface area contributed by atoms with Crippen LogP contribution in [0.2, 0.25) is 0 Å². The first-order valence-electron chi connectivity index (χ1n) is 6.61. The van der Waals surface area contributed by atoms with Crippen LogP contribution in [0.5, 0.6) is 0 Å². The van der Waals surface area contributed by atoms with Gasteiger partial charge in [-0.05, 0) is 24.6 Å². The Balaban J connectivity index is 1.70. The maximum Gasteiger partial charge on any atom is 0.233 e. The number of aryl methyl sites for hydroxylation is 1. The van der Waals surface area contributed by atoms with E-state index in [0.29, 0.717) is 18.8 Å². The molecule has 0 spiro atoms. The molecular formula is C14H17N5O2. The zero-order chi connectivity index (χ0) is 15.1. The minimum atomic E-state index is -0.334. The van der Waals surface area contributed by atoms with Crippen LogP contribution in [0, 0.1) is 6.92 Å². The number of hydrogen-bond acceptors (Lipinski definition) is 4. The number of hydrogen-bond donors (Lipinski definition) is 2. The first-order chi connectivity index (χ1) is 10.1. The molecule has 0 atom stereocenters. The third-order valence-electron chi connectivity index (χ3n) is 2.76. The summed E-state index contributed by atoms with van der Waals surface area (Å²) >= 11 is 0. The monoisotopic (exact) mass is 287 g/mol.